The largest absolute Gasteiger partial charge is 0.359 e. The minimum absolute atomic E-state index is 0.00328. The van der Waals surface area contributed by atoms with Gasteiger partial charge in [0.05, 0.1) is 12.1 Å². The van der Waals surface area contributed by atoms with Gasteiger partial charge >= 0.3 is 0 Å². The fourth-order valence-electron chi connectivity index (χ4n) is 3.69. The number of rotatable bonds is 6. The minimum Gasteiger partial charge on any atom is -0.359 e. The number of likely N-dealkylation sites (N-methyl/N-ethyl adjacent to an activating group) is 1. The molecule has 3 rings (SSSR count). The summed E-state index contributed by atoms with van der Waals surface area (Å²) in [6, 6.07) is 4.50. The van der Waals surface area contributed by atoms with Crippen molar-refractivity contribution in [1.29, 1.82) is 0 Å². The van der Waals surface area contributed by atoms with Crippen LogP contribution < -0.4 is 10.6 Å². The fourth-order valence-corrected chi connectivity index (χ4v) is 3.69. The number of aryl methyl sites for hydroxylation is 1. The zero-order valence-corrected chi connectivity index (χ0v) is 15.7. The van der Waals surface area contributed by atoms with Gasteiger partial charge in [0.1, 0.15) is 5.65 Å². The first-order valence-electron chi connectivity index (χ1n) is 9.10. The Morgan fingerprint density at radius 3 is 2.81 bits per heavy atom. The van der Waals surface area contributed by atoms with Crippen LogP contribution in [0.1, 0.15) is 30.5 Å². The van der Waals surface area contributed by atoms with Crippen molar-refractivity contribution in [1.82, 2.24) is 24.9 Å². The van der Waals surface area contributed by atoms with Gasteiger partial charge in [-0.3, -0.25) is 14.5 Å². The van der Waals surface area contributed by atoms with Gasteiger partial charge < -0.3 is 15.0 Å². The van der Waals surface area contributed by atoms with Crippen molar-refractivity contribution in [2.45, 2.75) is 44.7 Å². The lowest BCUT2D eigenvalue weighted by Crippen LogP contribution is -2.42. The number of nitrogens with zero attached hydrogens (tertiary/aromatic N) is 3. The first-order chi connectivity index (χ1) is 12.5. The van der Waals surface area contributed by atoms with Crippen LogP contribution in [0.15, 0.2) is 24.5 Å². The number of imidazole rings is 1. The molecule has 0 aromatic carbocycles. The Balaban J connectivity index is 1.53. The summed E-state index contributed by atoms with van der Waals surface area (Å²) in [5.41, 5.74) is 2.87. The van der Waals surface area contributed by atoms with E-state index in [2.05, 4.69) is 20.5 Å². The highest BCUT2D eigenvalue weighted by Crippen LogP contribution is 2.24. The van der Waals surface area contributed by atoms with E-state index in [0.717, 1.165) is 29.7 Å². The molecule has 2 aromatic rings. The molecule has 1 saturated heterocycles. The number of carbonyl (C=O) groups excluding carboxylic acids is 2. The van der Waals surface area contributed by atoms with Crippen molar-refractivity contribution in [3.63, 3.8) is 0 Å². The van der Waals surface area contributed by atoms with Crippen LogP contribution in [-0.4, -0.2) is 58.8 Å². The molecular weight excluding hydrogens is 330 g/mol. The molecule has 0 radical (unpaired) electrons. The van der Waals surface area contributed by atoms with Gasteiger partial charge in [-0.15, -0.1) is 0 Å². The molecule has 1 aliphatic rings. The SMILES string of the molecule is CNC(=O)C[C@H]1CC[C@@H](CNC(=O)Cc2cnc3c(C)cccn23)N1C. The van der Waals surface area contributed by atoms with Gasteiger partial charge in [0.25, 0.3) is 0 Å². The molecule has 0 unspecified atom stereocenters. The zero-order valence-electron chi connectivity index (χ0n) is 15.7. The van der Waals surface area contributed by atoms with Crippen molar-refractivity contribution < 1.29 is 9.59 Å². The second kappa shape index (κ2) is 7.86. The van der Waals surface area contributed by atoms with Crippen LogP contribution in [0, 0.1) is 6.92 Å². The average Bonchev–Trinajstić information content (AvgIpc) is 3.18. The summed E-state index contributed by atoms with van der Waals surface area (Å²) in [4.78, 5) is 30.6. The molecule has 2 N–H and O–H groups in total. The average molecular weight is 357 g/mol. The van der Waals surface area contributed by atoms with Crippen molar-refractivity contribution in [3.05, 3.63) is 35.8 Å². The number of amides is 2. The molecule has 2 atom stereocenters. The molecule has 7 nitrogen and oxygen atoms in total. The van der Waals surface area contributed by atoms with E-state index in [-0.39, 0.29) is 23.9 Å². The molecule has 3 heterocycles. The summed E-state index contributed by atoms with van der Waals surface area (Å²) in [6.45, 7) is 2.62. The maximum atomic E-state index is 12.4. The highest BCUT2D eigenvalue weighted by atomic mass is 16.2. The topological polar surface area (TPSA) is 78.7 Å². The van der Waals surface area contributed by atoms with Gasteiger partial charge in [-0.25, -0.2) is 4.98 Å². The third kappa shape index (κ3) is 3.88. The third-order valence-electron chi connectivity index (χ3n) is 5.37. The molecule has 26 heavy (non-hydrogen) atoms. The molecule has 2 aromatic heterocycles. The van der Waals surface area contributed by atoms with Crippen LogP contribution in [0.3, 0.4) is 0 Å². The summed E-state index contributed by atoms with van der Waals surface area (Å²) < 4.78 is 1.97. The Morgan fingerprint density at radius 2 is 2.04 bits per heavy atom. The number of aromatic nitrogens is 2. The zero-order chi connectivity index (χ0) is 18.7. The van der Waals surface area contributed by atoms with Crippen molar-refractivity contribution in [2.24, 2.45) is 0 Å². The molecule has 0 bridgehead atoms. The molecule has 2 amide bonds. The third-order valence-corrected chi connectivity index (χ3v) is 5.37. The number of hydrogen-bond donors (Lipinski definition) is 2. The van der Waals surface area contributed by atoms with Gasteiger partial charge in [0.2, 0.25) is 11.8 Å². The highest BCUT2D eigenvalue weighted by molar-refractivity contribution is 5.78. The van der Waals surface area contributed by atoms with Gasteiger partial charge in [-0.1, -0.05) is 6.07 Å². The molecule has 0 saturated carbocycles. The monoisotopic (exact) mass is 357 g/mol. The molecule has 1 aliphatic heterocycles. The smallest absolute Gasteiger partial charge is 0.226 e. The fraction of sp³-hybridized carbons (Fsp3) is 0.526. The summed E-state index contributed by atoms with van der Waals surface area (Å²) in [6.07, 6.45) is 6.50. The number of likely N-dealkylation sites (tertiary alicyclic amines) is 1. The predicted molar refractivity (Wildman–Crippen MR) is 99.9 cm³/mol. The highest BCUT2D eigenvalue weighted by Gasteiger charge is 2.31. The first-order valence-corrected chi connectivity index (χ1v) is 9.10. The van der Waals surface area contributed by atoms with E-state index < -0.39 is 0 Å². The van der Waals surface area contributed by atoms with E-state index in [0.29, 0.717) is 19.4 Å². The quantitative estimate of drug-likeness (QED) is 0.805. The van der Waals surface area contributed by atoms with Crippen LogP contribution in [0.5, 0.6) is 0 Å². The van der Waals surface area contributed by atoms with Crippen molar-refractivity contribution in [2.75, 3.05) is 20.6 Å². The molecule has 0 aliphatic carbocycles. The Labute approximate surface area is 153 Å². The standard InChI is InChI=1S/C19H27N5O2/c1-13-5-4-8-24-16(12-22-19(13)24)10-18(26)21-11-15-7-6-14(23(15)3)9-17(25)20-2/h4-5,8,12,14-15H,6-7,9-11H2,1-3H3,(H,20,25)(H,21,26)/t14-,15+/m1/s1. The van der Waals surface area contributed by atoms with E-state index in [1.165, 1.54) is 0 Å². The predicted octanol–water partition coefficient (Wildman–Crippen LogP) is 0.900. The van der Waals surface area contributed by atoms with Crippen LogP contribution in [0.2, 0.25) is 0 Å². The lowest BCUT2D eigenvalue weighted by atomic mass is 10.1. The second-order valence-electron chi connectivity index (χ2n) is 7.04. The Kier molecular flexibility index (Phi) is 5.56. The summed E-state index contributed by atoms with van der Waals surface area (Å²) in [5, 5.41) is 5.72. The first kappa shape index (κ1) is 18.4. The summed E-state index contributed by atoms with van der Waals surface area (Å²) in [5.74, 6) is 0.0610. The lowest BCUT2D eigenvalue weighted by Gasteiger charge is -2.25. The van der Waals surface area contributed by atoms with Crippen molar-refractivity contribution >= 4 is 17.5 Å². The van der Waals surface area contributed by atoms with Crippen molar-refractivity contribution in [3.8, 4) is 0 Å². The number of fused-ring (bicyclic) bond motifs is 1. The molecule has 7 heteroatoms. The molecular formula is C19H27N5O2. The second-order valence-corrected chi connectivity index (χ2v) is 7.04. The lowest BCUT2D eigenvalue weighted by molar-refractivity contribution is -0.122. The van der Waals surface area contributed by atoms with E-state index in [1.807, 2.05) is 36.7 Å². The number of pyridine rings is 1. The van der Waals surface area contributed by atoms with E-state index >= 15 is 0 Å². The van der Waals surface area contributed by atoms with E-state index in [4.69, 9.17) is 0 Å². The van der Waals surface area contributed by atoms with Crippen LogP contribution in [-0.2, 0) is 16.0 Å². The van der Waals surface area contributed by atoms with Gasteiger partial charge in [-0.05, 0) is 38.4 Å². The number of nitrogens with one attached hydrogen (secondary N) is 2. The minimum atomic E-state index is -0.00328. The van der Waals surface area contributed by atoms with E-state index in [1.54, 1.807) is 13.2 Å². The Hall–Kier alpha value is -2.41. The number of hydrogen-bond acceptors (Lipinski definition) is 4. The maximum absolute atomic E-state index is 12.4. The maximum Gasteiger partial charge on any atom is 0.226 e. The van der Waals surface area contributed by atoms with Gasteiger partial charge in [0.15, 0.2) is 0 Å². The number of carbonyl (C=O) groups is 2. The molecule has 140 valence electrons. The van der Waals surface area contributed by atoms with E-state index in [9.17, 15) is 9.59 Å². The molecule has 1 fully saturated rings. The van der Waals surface area contributed by atoms with Gasteiger partial charge in [-0.2, -0.15) is 0 Å². The van der Waals surface area contributed by atoms with Gasteiger partial charge in [0, 0.05) is 44.5 Å². The van der Waals surface area contributed by atoms with Crippen LogP contribution in [0.4, 0.5) is 0 Å². The summed E-state index contributed by atoms with van der Waals surface area (Å²) >= 11 is 0. The summed E-state index contributed by atoms with van der Waals surface area (Å²) in [7, 11) is 3.70. The molecule has 0 spiro atoms. The normalized spacial score (nSPS) is 20.4. The Morgan fingerprint density at radius 1 is 1.27 bits per heavy atom. The van der Waals surface area contributed by atoms with Crippen LogP contribution >= 0.6 is 0 Å². The Bertz CT molecular complexity index is 800. The van der Waals surface area contributed by atoms with Crippen LogP contribution in [0.25, 0.3) is 5.65 Å².